The molecule has 104 valence electrons. The molecule has 1 aromatic carbocycles. The van der Waals surface area contributed by atoms with Gasteiger partial charge < -0.3 is 9.84 Å². The number of benzene rings is 1. The van der Waals surface area contributed by atoms with E-state index in [-0.39, 0.29) is 6.42 Å². The fourth-order valence-electron chi connectivity index (χ4n) is 2.16. The summed E-state index contributed by atoms with van der Waals surface area (Å²) in [5.41, 5.74) is 1.21. The molecule has 1 aliphatic carbocycles. The quantitative estimate of drug-likeness (QED) is 0.783. The van der Waals surface area contributed by atoms with Gasteiger partial charge in [-0.15, -0.1) is 0 Å². The first kappa shape index (κ1) is 13.9. The molecule has 0 spiro atoms. The average Bonchev–Trinajstić information content (AvgIpc) is 3.21. The fraction of sp³-hybridized carbons (Fsp3) is 0.533. The maximum atomic E-state index is 10.7. The van der Waals surface area contributed by atoms with Gasteiger partial charge in [-0.1, -0.05) is 12.1 Å². The van der Waals surface area contributed by atoms with Gasteiger partial charge in [-0.3, -0.25) is 9.69 Å². The number of nitrogens with zero attached hydrogens (tertiary/aromatic N) is 1. The molecule has 0 bridgehead atoms. The zero-order valence-electron chi connectivity index (χ0n) is 11.3. The Labute approximate surface area is 114 Å². The van der Waals surface area contributed by atoms with Crippen LogP contribution in [-0.4, -0.2) is 35.2 Å². The minimum absolute atomic E-state index is 0.216. The van der Waals surface area contributed by atoms with Crippen LogP contribution in [0.4, 0.5) is 0 Å². The van der Waals surface area contributed by atoms with Crippen LogP contribution in [0.3, 0.4) is 0 Å². The zero-order chi connectivity index (χ0) is 13.7. The average molecular weight is 263 g/mol. The Hall–Kier alpha value is -1.55. The van der Waals surface area contributed by atoms with Gasteiger partial charge in [0, 0.05) is 19.1 Å². The summed E-state index contributed by atoms with van der Waals surface area (Å²) < 4.78 is 5.41. The predicted molar refractivity (Wildman–Crippen MR) is 73.3 cm³/mol. The highest BCUT2D eigenvalue weighted by molar-refractivity contribution is 5.66. The number of ether oxygens (including phenoxy) is 1. The number of hydrogen-bond acceptors (Lipinski definition) is 3. The lowest BCUT2D eigenvalue weighted by molar-refractivity contribution is -0.137. The molecule has 0 unspecified atom stereocenters. The van der Waals surface area contributed by atoms with Crippen molar-refractivity contribution in [1.82, 2.24) is 4.90 Å². The Balaban J connectivity index is 1.90. The van der Waals surface area contributed by atoms with Crippen LogP contribution in [0.1, 0.15) is 31.7 Å². The molecule has 1 N–H and O–H groups in total. The highest BCUT2D eigenvalue weighted by Gasteiger charge is 2.28. The van der Waals surface area contributed by atoms with Crippen molar-refractivity contribution in [3.63, 3.8) is 0 Å². The van der Waals surface area contributed by atoms with Crippen molar-refractivity contribution < 1.29 is 14.6 Å². The molecule has 19 heavy (non-hydrogen) atoms. The van der Waals surface area contributed by atoms with Crippen LogP contribution in [0, 0.1) is 0 Å². The van der Waals surface area contributed by atoms with Gasteiger partial charge in [0.2, 0.25) is 0 Å². The van der Waals surface area contributed by atoms with E-state index in [0.29, 0.717) is 19.2 Å². The van der Waals surface area contributed by atoms with Crippen molar-refractivity contribution in [2.45, 2.75) is 38.8 Å². The summed E-state index contributed by atoms with van der Waals surface area (Å²) in [6.07, 6.45) is 2.60. The Morgan fingerprint density at radius 1 is 1.37 bits per heavy atom. The summed E-state index contributed by atoms with van der Waals surface area (Å²) in [6, 6.07) is 8.63. The molecular formula is C15H21NO3. The Kier molecular flexibility index (Phi) is 4.80. The number of rotatable bonds is 8. The number of carbonyl (C=O) groups is 1. The van der Waals surface area contributed by atoms with Crippen LogP contribution < -0.4 is 4.74 Å². The van der Waals surface area contributed by atoms with E-state index in [1.165, 1.54) is 18.4 Å². The van der Waals surface area contributed by atoms with Gasteiger partial charge in [0.05, 0.1) is 13.0 Å². The molecule has 2 rings (SSSR count). The van der Waals surface area contributed by atoms with Crippen molar-refractivity contribution in [3.8, 4) is 5.75 Å². The van der Waals surface area contributed by atoms with Crippen molar-refractivity contribution in [1.29, 1.82) is 0 Å². The van der Waals surface area contributed by atoms with Crippen LogP contribution in [0.25, 0.3) is 0 Å². The standard InChI is InChI=1S/C15H21NO3/c1-2-19-14-7-3-12(4-8-14)11-16(13-5-6-13)10-9-15(17)18/h3-4,7-8,13H,2,5-6,9-11H2,1H3,(H,17,18). The van der Waals surface area contributed by atoms with Crippen molar-refractivity contribution in [3.05, 3.63) is 29.8 Å². The fourth-order valence-corrected chi connectivity index (χ4v) is 2.16. The lowest BCUT2D eigenvalue weighted by atomic mass is 10.2. The second kappa shape index (κ2) is 6.57. The minimum atomic E-state index is -0.725. The Morgan fingerprint density at radius 2 is 2.05 bits per heavy atom. The molecule has 1 fully saturated rings. The molecule has 0 atom stereocenters. The molecule has 0 saturated heterocycles. The Bertz CT molecular complexity index is 412. The van der Waals surface area contributed by atoms with E-state index < -0.39 is 5.97 Å². The van der Waals surface area contributed by atoms with Crippen LogP contribution in [0.5, 0.6) is 5.75 Å². The summed E-state index contributed by atoms with van der Waals surface area (Å²) in [6.45, 7) is 4.10. The van der Waals surface area contributed by atoms with E-state index in [0.717, 1.165) is 12.3 Å². The molecule has 1 aliphatic rings. The van der Waals surface area contributed by atoms with E-state index in [1.54, 1.807) is 0 Å². The van der Waals surface area contributed by atoms with Crippen LogP contribution >= 0.6 is 0 Å². The first-order valence-corrected chi connectivity index (χ1v) is 6.86. The van der Waals surface area contributed by atoms with Crippen LogP contribution in [0.15, 0.2) is 24.3 Å². The summed E-state index contributed by atoms with van der Waals surface area (Å²) in [5.74, 6) is 0.159. The molecule has 0 heterocycles. The third-order valence-electron chi connectivity index (χ3n) is 3.30. The van der Waals surface area contributed by atoms with Gasteiger partial charge in [-0.05, 0) is 37.5 Å². The van der Waals surface area contributed by atoms with Gasteiger partial charge in [0.25, 0.3) is 0 Å². The minimum Gasteiger partial charge on any atom is -0.494 e. The molecule has 0 aliphatic heterocycles. The van der Waals surface area contributed by atoms with Gasteiger partial charge in [0.15, 0.2) is 0 Å². The van der Waals surface area contributed by atoms with Crippen LogP contribution in [-0.2, 0) is 11.3 Å². The van der Waals surface area contributed by atoms with E-state index in [9.17, 15) is 4.79 Å². The highest BCUT2D eigenvalue weighted by Crippen LogP contribution is 2.28. The molecule has 1 aromatic rings. The monoisotopic (exact) mass is 263 g/mol. The molecule has 4 nitrogen and oxygen atoms in total. The molecular weight excluding hydrogens is 242 g/mol. The maximum absolute atomic E-state index is 10.7. The summed E-state index contributed by atoms with van der Waals surface area (Å²) in [4.78, 5) is 12.9. The number of hydrogen-bond donors (Lipinski definition) is 1. The summed E-state index contributed by atoms with van der Waals surface area (Å²) >= 11 is 0. The Morgan fingerprint density at radius 3 is 2.58 bits per heavy atom. The van der Waals surface area contributed by atoms with Gasteiger partial charge >= 0.3 is 5.97 Å². The second-order valence-electron chi connectivity index (χ2n) is 4.92. The van der Waals surface area contributed by atoms with E-state index >= 15 is 0 Å². The first-order valence-electron chi connectivity index (χ1n) is 6.86. The molecule has 4 heteroatoms. The number of carboxylic acid groups (broad SMARTS) is 1. The normalized spacial score (nSPS) is 14.6. The molecule has 0 radical (unpaired) electrons. The second-order valence-corrected chi connectivity index (χ2v) is 4.92. The third kappa shape index (κ3) is 4.56. The SMILES string of the molecule is CCOc1ccc(CN(CCC(=O)O)C2CC2)cc1. The van der Waals surface area contributed by atoms with E-state index in [2.05, 4.69) is 17.0 Å². The van der Waals surface area contributed by atoms with Crippen LogP contribution in [0.2, 0.25) is 0 Å². The zero-order valence-corrected chi connectivity index (χ0v) is 11.3. The molecule has 1 saturated carbocycles. The summed E-state index contributed by atoms with van der Waals surface area (Å²) in [7, 11) is 0. The maximum Gasteiger partial charge on any atom is 0.304 e. The lowest BCUT2D eigenvalue weighted by Crippen LogP contribution is -2.28. The third-order valence-corrected chi connectivity index (χ3v) is 3.30. The predicted octanol–water partition coefficient (Wildman–Crippen LogP) is 2.52. The first-order chi connectivity index (χ1) is 9.19. The lowest BCUT2D eigenvalue weighted by Gasteiger charge is -2.21. The van der Waals surface area contributed by atoms with Gasteiger partial charge in [-0.25, -0.2) is 0 Å². The molecule has 0 aromatic heterocycles. The van der Waals surface area contributed by atoms with E-state index in [1.807, 2.05) is 19.1 Å². The smallest absolute Gasteiger partial charge is 0.304 e. The van der Waals surface area contributed by atoms with Gasteiger partial charge in [-0.2, -0.15) is 0 Å². The number of carboxylic acids is 1. The summed E-state index contributed by atoms with van der Waals surface area (Å²) in [5, 5.41) is 8.78. The van der Waals surface area contributed by atoms with Crippen molar-refractivity contribution >= 4 is 5.97 Å². The largest absolute Gasteiger partial charge is 0.494 e. The number of aliphatic carboxylic acids is 1. The van der Waals surface area contributed by atoms with Gasteiger partial charge in [0.1, 0.15) is 5.75 Å². The van der Waals surface area contributed by atoms with E-state index in [4.69, 9.17) is 9.84 Å². The van der Waals surface area contributed by atoms with Crippen molar-refractivity contribution in [2.24, 2.45) is 0 Å². The topological polar surface area (TPSA) is 49.8 Å². The van der Waals surface area contributed by atoms with Crippen molar-refractivity contribution in [2.75, 3.05) is 13.2 Å². The molecule has 0 amide bonds. The highest BCUT2D eigenvalue weighted by atomic mass is 16.5.